The van der Waals surface area contributed by atoms with Crippen molar-refractivity contribution in [3.8, 4) is 33.4 Å². The normalized spacial score (nSPS) is 13.6. The number of fused-ring (bicyclic) bond motifs is 2. The van der Waals surface area contributed by atoms with Crippen molar-refractivity contribution in [1.82, 2.24) is 0 Å². The van der Waals surface area contributed by atoms with Crippen molar-refractivity contribution in [2.24, 2.45) is 0 Å². The topological polar surface area (TPSA) is 3.24 Å². The molecular weight excluding hydrogens is 542 g/mol. The molecule has 8 rings (SSSR count). The number of anilines is 3. The first-order valence-electron chi connectivity index (χ1n) is 18.8. The lowest BCUT2D eigenvalue weighted by atomic mass is 9.99. The molecule has 0 unspecified atom stereocenters. The van der Waals surface area contributed by atoms with Crippen LogP contribution in [0.2, 0.25) is 0 Å². The Bertz CT molecular complexity index is 2680. The Morgan fingerprint density at radius 2 is 0.867 bits per heavy atom. The molecule has 0 aliphatic heterocycles. The van der Waals surface area contributed by atoms with Crippen molar-refractivity contribution in [1.29, 1.82) is 0 Å². The third-order valence-electron chi connectivity index (χ3n) is 7.98. The van der Waals surface area contributed by atoms with Gasteiger partial charge in [-0.2, -0.15) is 0 Å². The molecule has 0 saturated heterocycles. The smallest absolute Gasteiger partial charge is 0.0651 e. The second-order valence-corrected chi connectivity index (χ2v) is 10.8. The molecule has 0 radical (unpaired) electrons. The van der Waals surface area contributed by atoms with E-state index in [0.717, 1.165) is 32.7 Å². The van der Waals surface area contributed by atoms with Crippen LogP contribution in [0.5, 0.6) is 0 Å². The first-order valence-corrected chi connectivity index (χ1v) is 14.8. The van der Waals surface area contributed by atoms with Crippen LogP contribution in [0, 0.1) is 0 Å². The van der Waals surface area contributed by atoms with E-state index in [4.69, 9.17) is 2.74 Å². The van der Waals surface area contributed by atoms with E-state index < -0.39 is 12.1 Å². The molecule has 0 aliphatic carbocycles. The summed E-state index contributed by atoms with van der Waals surface area (Å²) in [5.74, 6) is 0. The van der Waals surface area contributed by atoms with Gasteiger partial charge in [-0.25, -0.2) is 0 Å². The lowest BCUT2D eigenvalue weighted by Crippen LogP contribution is -2.10. The zero-order chi connectivity index (χ0) is 37.0. The Hall–Kier alpha value is -5.92. The molecule has 0 amide bonds. The summed E-state index contributed by atoms with van der Waals surface area (Å²) in [5.41, 5.74) is 3.22. The molecule has 1 heteroatoms. The van der Waals surface area contributed by atoms with Crippen LogP contribution in [0.1, 0.15) is 11.0 Å². The lowest BCUT2D eigenvalue weighted by Gasteiger charge is -2.26. The molecule has 0 aliphatic rings. The lowest BCUT2D eigenvalue weighted by molar-refractivity contribution is 1.28. The van der Waals surface area contributed by atoms with Crippen molar-refractivity contribution in [3.05, 3.63) is 188 Å². The van der Waals surface area contributed by atoms with E-state index in [2.05, 4.69) is 0 Å². The molecule has 212 valence electrons. The van der Waals surface area contributed by atoms with Gasteiger partial charge in [0.15, 0.2) is 0 Å². The molecule has 1 nitrogen and oxygen atoms in total. The fraction of sp³-hybridized carbons (Fsp3) is 0. The average Bonchev–Trinajstić information content (AvgIpc) is 3.19. The zero-order valence-electron chi connectivity index (χ0n) is 32.2. The number of hydrogen-bond donors (Lipinski definition) is 0. The third kappa shape index (κ3) is 5.37. The Kier molecular flexibility index (Phi) is 5.01. The van der Waals surface area contributed by atoms with Crippen molar-refractivity contribution in [3.63, 3.8) is 0 Å². The van der Waals surface area contributed by atoms with Gasteiger partial charge in [0.05, 0.1) is 11.0 Å². The summed E-state index contributed by atoms with van der Waals surface area (Å²) in [6.45, 7) is 0. The molecule has 8 aromatic carbocycles. The molecule has 45 heavy (non-hydrogen) atoms. The maximum Gasteiger partial charge on any atom is 0.0651 e. The van der Waals surface area contributed by atoms with Gasteiger partial charge in [-0.3, -0.25) is 0 Å². The van der Waals surface area contributed by atoms with Crippen LogP contribution in [0.4, 0.5) is 17.1 Å². The fourth-order valence-electron chi connectivity index (χ4n) is 5.65. The van der Waals surface area contributed by atoms with E-state index in [1.54, 1.807) is 24.3 Å². The summed E-state index contributed by atoms with van der Waals surface area (Å²) in [6, 6.07) is 40.7. The Balaban J connectivity index is 1.39. The van der Waals surface area contributed by atoms with Crippen LogP contribution >= 0.6 is 0 Å². The summed E-state index contributed by atoms with van der Waals surface area (Å²) in [5, 5.41) is 3.71. The van der Waals surface area contributed by atoms with Crippen LogP contribution in [0.15, 0.2) is 188 Å². The average molecular weight is 582 g/mol. The third-order valence-corrected chi connectivity index (χ3v) is 7.98. The Morgan fingerprint density at radius 1 is 0.333 bits per heavy atom. The first kappa shape index (κ1) is 19.4. The standard InChI is InChI=1S/C44H31N/c1-2-9-32(10-3-1)35-21-25-42(26-22-35)45(43-27-23-36(24-28-43)40-19-17-33-11-4-6-13-37(33)29-40)44-16-8-15-39(31-44)41-20-18-34-12-5-7-14-38(34)30-41/h1-31H/i8D,15D,16D,23D,24D,27D,28D,31D. The highest BCUT2D eigenvalue weighted by Crippen LogP contribution is 2.39. The van der Waals surface area contributed by atoms with E-state index in [0.29, 0.717) is 16.8 Å². The minimum atomic E-state index is -0.438. The summed E-state index contributed by atoms with van der Waals surface area (Å²) in [7, 11) is 0. The highest BCUT2D eigenvalue weighted by Gasteiger charge is 2.15. The zero-order valence-corrected chi connectivity index (χ0v) is 24.2. The van der Waals surface area contributed by atoms with Gasteiger partial charge in [-0.1, -0.05) is 139 Å². The van der Waals surface area contributed by atoms with Gasteiger partial charge in [0.25, 0.3) is 0 Å². The summed E-state index contributed by atoms with van der Waals surface area (Å²) in [6.07, 6.45) is 0. The van der Waals surface area contributed by atoms with Crippen LogP contribution in [0.25, 0.3) is 54.9 Å². The first-order chi connectivity index (χ1) is 25.6. The molecular formula is C44H31N. The fourth-order valence-corrected chi connectivity index (χ4v) is 5.65. The summed E-state index contributed by atoms with van der Waals surface area (Å²) >= 11 is 0. The molecule has 0 fully saturated rings. The highest BCUT2D eigenvalue weighted by molar-refractivity contribution is 5.90. The highest BCUT2D eigenvalue weighted by atomic mass is 15.1. The summed E-state index contributed by atoms with van der Waals surface area (Å²) < 4.78 is 74.0. The number of rotatable bonds is 6. The van der Waals surface area contributed by atoms with E-state index in [1.807, 2.05) is 115 Å². The predicted octanol–water partition coefficient (Wildman–Crippen LogP) is 12.5. The molecule has 0 aromatic heterocycles. The van der Waals surface area contributed by atoms with Crippen LogP contribution in [0.3, 0.4) is 0 Å². The molecule has 0 spiro atoms. The van der Waals surface area contributed by atoms with Gasteiger partial charge < -0.3 is 4.90 Å². The number of benzene rings is 8. The Morgan fingerprint density at radius 3 is 1.51 bits per heavy atom. The summed E-state index contributed by atoms with van der Waals surface area (Å²) in [4.78, 5) is 1.38. The van der Waals surface area contributed by atoms with Crippen molar-refractivity contribution in [2.45, 2.75) is 0 Å². The molecule has 0 bridgehead atoms. The molecule has 0 atom stereocenters. The minimum Gasteiger partial charge on any atom is -0.310 e. The maximum absolute atomic E-state index is 9.60. The van der Waals surface area contributed by atoms with Crippen molar-refractivity contribution >= 4 is 38.6 Å². The minimum absolute atomic E-state index is 0.124. The van der Waals surface area contributed by atoms with Gasteiger partial charge in [0.2, 0.25) is 0 Å². The number of nitrogens with zero attached hydrogens (tertiary/aromatic N) is 1. The monoisotopic (exact) mass is 581 g/mol. The van der Waals surface area contributed by atoms with Crippen LogP contribution in [-0.2, 0) is 0 Å². The van der Waals surface area contributed by atoms with E-state index in [-0.39, 0.29) is 58.8 Å². The quantitative estimate of drug-likeness (QED) is 0.189. The van der Waals surface area contributed by atoms with Gasteiger partial charge in [0.1, 0.15) is 0 Å². The molecule has 0 saturated carbocycles. The SMILES string of the molecule is [2H]c1c([2H])c(-c2ccc3ccccc3c2)c([2H])c(N(c2ccc(-c3ccccc3)cc2)c2c([2H])c([2H])c(-c3ccc4ccccc4c3)c([2H])c2[2H])c1[2H]. The van der Waals surface area contributed by atoms with Crippen molar-refractivity contribution in [2.75, 3.05) is 4.90 Å². The van der Waals surface area contributed by atoms with E-state index in [9.17, 15) is 8.22 Å². The molecule has 0 heterocycles. The van der Waals surface area contributed by atoms with Gasteiger partial charge in [-0.05, 0) is 103 Å². The predicted molar refractivity (Wildman–Crippen MR) is 192 cm³/mol. The second kappa shape index (κ2) is 11.6. The Labute approximate surface area is 275 Å². The van der Waals surface area contributed by atoms with Gasteiger partial charge in [-0.15, -0.1) is 0 Å². The maximum atomic E-state index is 9.60. The number of hydrogen-bond acceptors (Lipinski definition) is 1. The van der Waals surface area contributed by atoms with Crippen LogP contribution < -0.4 is 4.90 Å². The largest absolute Gasteiger partial charge is 0.310 e. The van der Waals surface area contributed by atoms with Crippen molar-refractivity contribution < 1.29 is 11.0 Å². The van der Waals surface area contributed by atoms with E-state index >= 15 is 0 Å². The second-order valence-electron chi connectivity index (χ2n) is 10.8. The molecule has 0 N–H and O–H groups in total. The van der Waals surface area contributed by atoms with Crippen LogP contribution in [-0.4, -0.2) is 0 Å². The van der Waals surface area contributed by atoms with Gasteiger partial charge >= 0.3 is 0 Å². The molecule has 8 aromatic rings. The van der Waals surface area contributed by atoms with E-state index in [1.165, 1.54) is 4.90 Å². The van der Waals surface area contributed by atoms with Gasteiger partial charge in [0, 0.05) is 17.1 Å².